The summed E-state index contributed by atoms with van der Waals surface area (Å²) in [5.74, 6) is 0. The summed E-state index contributed by atoms with van der Waals surface area (Å²) in [7, 11) is 0. The van der Waals surface area contributed by atoms with E-state index in [4.69, 9.17) is 5.73 Å². The molecule has 0 aliphatic carbocycles. The van der Waals surface area contributed by atoms with Crippen LogP contribution in [-0.4, -0.2) is 0 Å². The average Bonchev–Trinajstić information content (AvgIpc) is 2.57. The van der Waals surface area contributed by atoms with Gasteiger partial charge in [-0.3, -0.25) is 0 Å². The number of halogens is 1. The molecule has 1 heterocycles. The molecule has 0 aliphatic heterocycles. The van der Waals surface area contributed by atoms with Crippen LogP contribution in [0.3, 0.4) is 0 Å². The van der Waals surface area contributed by atoms with Crippen LogP contribution in [0.15, 0.2) is 41.1 Å². The van der Waals surface area contributed by atoms with Crippen LogP contribution in [0.1, 0.15) is 0 Å². The van der Waals surface area contributed by atoms with E-state index in [1.54, 1.807) is 11.3 Å². The highest BCUT2D eigenvalue weighted by Crippen LogP contribution is 2.26. The first-order valence-electron chi connectivity index (χ1n) is 3.75. The zero-order valence-corrected chi connectivity index (χ0v) is 8.57. The molecule has 0 bridgehead atoms. The van der Waals surface area contributed by atoms with E-state index < -0.39 is 0 Å². The molecule has 2 N–H and O–H groups in total. The fraction of sp³-hybridized carbons (Fsp3) is 0. The second-order valence-electron chi connectivity index (χ2n) is 2.60. The molecule has 2 rings (SSSR count). The normalized spacial score (nSPS) is 9.23. The van der Waals surface area contributed by atoms with Crippen molar-refractivity contribution in [3.8, 4) is 11.1 Å². The third kappa shape index (κ3) is 2.02. The number of nitrogens with two attached hydrogens (primary N) is 1. The molecule has 0 amide bonds. The quantitative estimate of drug-likeness (QED) is 0.719. The Kier molecular flexibility index (Phi) is 3.34. The number of para-hydroxylation sites is 1. The number of thiophene rings is 1. The lowest BCUT2D eigenvalue weighted by Gasteiger charge is -2.00. The van der Waals surface area contributed by atoms with Crippen molar-refractivity contribution in [2.75, 3.05) is 5.73 Å². The third-order valence-corrected chi connectivity index (χ3v) is 2.48. The molecule has 1 aromatic carbocycles. The molecule has 0 aliphatic rings. The van der Waals surface area contributed by atoms with Crippen LogP contribution in [0.4, 0.5) is 5.69 Å². The molecule has 1 aromatic heterocycles. The molecule has 1 nitrogen and oxygen atoms in total. The fourth-order valence-electron chi connectivity index (χ4n) is 1.18. The highest BCUT2D eigenvalue weighted by atomic mass is 35.5. The van der Waals surface area contributed by atoms with Gasteiger partial charge in [0.15, 0.2) is 0 Å². The number of benzene rings is 1. The maximum atomic E-state index is 5.82. The summed E-state index contributed by atoms with van der Waals surface area (Å²) in [5, 5.41) is 4.16. The highest BCUT2D eigenvalue weighted by molar-refractivity contribution is 7.08. The molecule has 3 heteroatoms. The maximum Gasteiger partial charge on any atom is 0.0394 e. The molecule has 0 saturated heterocycles. The van der Waals surface area contributed by atoms with Gasteiger partial charge in [-0.2, -0.15) is 11.3 Å². The Morgan fingerprint density at radius 1 is 1.08 bits per heavy atom. The Bertz CT molecular complexity index is 370. The lowest BCUT2D eigenvalue weighted by Crippen LogP contribution is -1.87. The first kappa shape index (κ1) is 10.1. The van der Waals surface area contributed by atoms with Crippen LogP contribution in [0.2, 0.25) is 0 Å². The van der Waals surface area contributed by atoms with Gasteiger partial charge >= 0.3 is 0 Å². The van der Waals surface area contributed by atoms with Crippen LogP contribution < -0.4 is 5.73 Å². The monoisotopic (exact) mass is 211 g/mol. The van der Waals surface area contributed by atoms with E-state index in [2.05, 4.69) is 16.8 Å². The number of anilines is 1. The van der Waals surface area contributed by atoms with Gasteiger partial charge in [-0.1, -0.05) is 18.2 Å². The standard InChI is InChI=1S/C10H9NS.ClH/c11-10-4-2-1-3-9(10)8-5-6-12-7-8;/h1-7H,11H2;1H. The molecule has 0 atom stereocenters. The second kappa shape index (κ2) is 4.30. The van der Waals surface area contributed by atoms with Gasteiger partial charge in [0, 0.05) is 11.3 Å². The Balaban J connectivity index is 0.000000845. The minimum absolute atomic E-state index is 0. The fourth-order valence-corrected chi connectivity index (χ4v) is 1.83. The lowest BCUT2D eigenvalue weighted by atomic mass is 10.1. The van der Waals surface area contributed by atoms with Crippen molar-refractivity contribution >= 4 is 29.4 Å². The molecule has 0 spiro atoms. The first-order chi connectivity index (χ1) is 5.88. The van der Waals surface area contributed by atoms with E-state index in [0.29, 0.717) is 0 Å². The molecular formula is C10H10ClNS. The van der Waals surface area contributed by atoms with Crippen LogP contribution in [0.25, 0.3) is 11.1 Å². The summed E-state index contributed by atoms with van der Waals surface area (Å²) in [4.78, 5) is 0. The Hall–Kier alpha value is -0.990. The van der Waals surface area contributed by atoms with Crippen molar-refractivity contribution in [1.29, 1.82) is 0 Å². The first-order valence-corrected chi connectivity index (χ1v) is 4.69. The summed E-state index contributed by atoms with van der Waals surface area (Å²) in [6.45, 7) is 0. The minimum atomic E-state index is 0. The van der Waals surface area contributed by atoms with Crippen molar-refractivity contribution in [2.24, 2.45) is 0 Å². The lowest BCUT2D eigenvalue weighted by molar-refractivity contribution is 1.66. The Labute approximate surface area is 87.6 Å². The zero-order chi connectivity index (χ0) is 8.39. The number of rotatable bonds is 1. The summed E-state index contributed by atoms with van der Waals surface area (Å²) < 4.78 is 0. The summed E-state index contributed by atoms with van der Waals surface area (Å²) in [6, 6.07) is 10.00. The molecule has 2 aromatic rings. The van der Waals surface area contributed by atoms with Gasteiger partial charge in [0.05, 0.1) is 0 Å². The van der Waals surface area contributed by atoms with Gasteiger partial charge < -0.3 is 5.73 Å². The van der Waals surface area contributed by atoms with Crippen molar-refractivity contribution in [2.45, 2.75) is 0 Å². The number of hydrogen-bond acceptors (Lipinski definition) is 2. The van der Waals surface area contributed by atoms with Gasteiger partial charge in [-0.05, 0) is 28.5 Å². The van der Waals surface area contributed by atoms with Gasteiger partial charge in [0.2, 0.25) is 0 Å². The SMILES string of the molecule is Cl.Nc1ccccc1-c1ccsc1. The Morgan fingerprint density at radius 2 is 1.85 bits per heavy atom. The zero-order valence-electron chi connectivity index (χ0n) is 6.94. The van der Waals surface area contributed by atoms with Crippen molar-refractivity contribution in [1.82, 2.24) is 0 Å². The predicted molar refractivity (Wildman–Crippen MR) is 61.4 cm³/mol. The molecule has 0 unspecified atom stereocenters. The van der Waals surface area contributed by atoms with Gasteiger partial charge in [-0.15, -0.1) is 12.4 Å². The third-order valence-electron chi connectivity index (χ3n) is 1.79. The highest BCUT2D eigenvalue weighted by Gasteiger charge is 1.99. The van der Waals surface area contributed by atoms with E-state index in [0.717, 1.165) is 11.3 Å². The minimum Gasteiger partial charge on any atom is -0.398 e. The predicted octanol–water partition coefficient (Wildman–Crippen LogP) is 3.42. The van der Waals surface area contributed by atoms with Gasteiger partial charge in [0.1, 0.15) is 0 Å². The van der Waals surface area contributed by atoms with Crippen molar-refractivity contribution in [3.63, 3.8) is 0 Å². The van der Waals surface area contributed by atoms with Crippen LogP contribution in [0, 0.1) is 0 Å². The van der Waals surface area contributed by atoms with Crippen LogP contribution in [0.5, 0.6) is 0 Å². The average molecular weight is 212 g/mol. The van der Waals surface area contributed by atoms with Crippen LogP contribution in [-0.2, 0) is 0 Å². The van der Waals surface area contributed by atoms with E-state index in [-0.39, 0.29) is 12.4 Å². The Morgan fingerprint density at radius 3 is 2.46 bits per heavy atom. The summed E-state index contributed by atoms with van der Waals surface area (Å²) >= 11 is 1.69. The molecule has 68 valence electrons. The molecule has 0 fully saturated rings. The molecule has 0 saturated carbocycles. The van der Waals surface area contributed by atoms with E-state index in [9.17, 15) is 0 Å². The summed E-state index contributed by atoms with van der Waals surface area (Å²) in [5.41, 5.74) is 8.99. The van der Waals surface area contributed by atoms with E-state index in [1.807, 2.05) is 24.3 Å². The summed E-state index contributed by atoms with van der Waals surface area (Å²) in [6.07, 6.45) is 0. The second-order valence-corrected chi connectivity index (χ2v) is 3.38. The number of hydrogen-bond donors (Lipinski definition) is 1. The topological polar surface area (TPSA) is 26.0 Å². The number of nitrogen functional groups attached to an aromatic ring is 1. The van der Waals surface area contributed by atoms with E-state index >= 15 is 0 Å². The molecule has 13 heavy (non-hydrogen) atoms. The van der Waals surface area contributed by atoms with E-state index in [1.165, 1.54) is 5.56 Å². The van der Waals surface area contributed by atoms with Crippen molar-refractivity contribution in [3.05, 3.63) is 41.1 Å². The van der Waals surface area contributed by atoms with Crippen molar-refractivity contribution < 1.29 is 0 Å². The van der Waals surface area contributed by atoms with Crippen LogP contribution >= 0.6 is 23.7 Å². The smallest absolute Gasteiger partial charge is 0.0394 e. The van der Waals surface area contributed by atoms with Gasteiger partial charge in [-0.25, -0.2) is 0 Å². The molecule has 0 radical (unpaired) electrons. The largest absolute Gasteiger partial charge is 0.398 e. The van der Waals surface area contributed by atoms with Gasteiger partial charge in [0.25, 0.3) is 0 Å². The molecular weight excluding hydrogens is 202 g/mol. The maximum absolute atomic E-state index is 5.82.